The fraction of sp³-hybridized carbons (Fsp3) is 0.111. The minimum Gasteiger partial charge on any atom is -0.490 e. The van der Waals surface area contributed by atoms with Gasteiger partial charge >= 0.3 is 0 Å². The number of nitrogens with zero attached hydrogens (tertiary/aromatic N) is 2. The molecule has 1 heterocycles. The van der Waals surface area contributed by atoms with E-state index in [1.54, 1.807) is 6.08 Å². The van der Waals surface area contributed by atoms with E-state index < -0.39 is 0 Å². The van der Waals surface area contributed by atoms with Gasteiger partial charge in [-0.15, -0.1) is 0 Å². The number of H-pyrrole nitrogens is 1. The lowest BCUT2D eigenvalue weighted by molar-refractivity contribution is 0.282. The molecule has 0 bridgehead atoms. The number of aliphatic hydroxyl groups is 1. The van der Waals surface area contributed by atoms with Gasteiger partial charge in [-0.05, 0) is 17.7 Å². The van der Waals surface area contributed by atoms with Crippen LogP contribution in [0.2, 0.25) is 0 Å². The third kappa shape index (κ3) is 3.30. The highest BCUT2D eigenvalue weighted by atomic mass is 16.5. The number of benzene rings is 2. The second kappa shape index (κ2) is 6.89. The minimum atomic E-state index is -0.0446. The molecule has 5 nitrogen and oxygen atoms in total. The van der Waals surface area contributed by atoms with Gasteiger partial charge in [0.15, 0.2) is 11.6 Å². The monoisotopic (exact) mass is 307 g/mol. The maximum atomic E-state index is 9.44. The Morgan fingerprint density at radius 3 is 2.87 bits per heavy atom. The van der Waals surface area contributed by atoms with Gasteiger partial charge in [0.2, 0.25) is 0 Å². The first kappa shape index (κ1) is 15.0. The number of nitrogens with one attached hydrogen (secondary N) is 1. The number of hydrogen-bond donors (Lipinski definition) is 2. The highest BCUT2D eigenvalue weighted by Gasteiger charge is 2.11. The first-order valence-electron chi connectivity index (χ1n) is 7.27. The van der Waals surface area contributed by atoms with Crippen LogP contribution in [0.25, 0.3) is 22.8 Å². The van der Waals surface area contributed by atoms with Crippen molar-refractivity contribution >= 4 is 0 Å². The lowest BCUT2D eigenvalue weighted by Crippen LogP contribution is -1.93. The zero-order valence-corrected chi connectivity index (χ0v) is 12.6. The summed E-state index contributed by atoms with van der Waals surface area (Å²) in [5.41, 5.74) is 2.50. The molecule has 5 heteroatoms. The molecule has 2 N–H and O–H groups in total. The number of aliphatic hydroxyl groups excluding tert-OH is 1. The average Bonchev–Trinajstić information content (AvgIpc) is 3.10. The molecule has 0 aliphatic heterocycles. The van der Waals surface area contributed by atoms with Crippen LogP contribution < -0.4 is 4.74 Å². The molecule has 0 saturated heterocycles. The number of rotatable bonds is 6. The fourth-order valence-electron chi connectivity index (χ4n) is 2.28. The Morgan fingerprint density at radius 1 is 1.17 bits per heavy atom. The molecule has 116 valence electrons. The van der Waals surface area contributed by atoms with Crippen molar-refractivity contribution in [3.05, 3.63) is 66.7 Å². The van der Waals surface area contributed by atoms with Crippen LogP contribution in [0.15, 0.2) is 61.2 Å². The second-order valence-electron chi connectivity index (χ2n) is 4.95. The van der Waals surface area contributed by atoms with E-state index in [1.807, 2.05) is 48.5 Å². The van der Waals surface area contributed by atoms with Crippen LogP contribution in [-0.4, -0.2) is 26.9 Å². The Hall–Kier alpha value is -2.92. The van der Waals surface area contributed by atoms with Gasteiger partial charge < -0.3 is 9.84 Å². The first-order chi connectivity index (χ1) is 11.3. The highest BCUT2D eigenvalue weighted by molar-refractivity contribution is 5.64. The number of aromatic amines is 1. The summed E-state index contributed by atoms with van der Waals surface area (Å²) in [6.07, 6.45) is 1.70. The van der Waals surface area contributed by atoms with Crippen molar-refractivity contribution in [1.82, 2.24) is 15.2 Å². The van der Waals surface area contributed by atoms with Crippen molar-refractivity contribution in [3.8, 4) is 28.5 Å². The Balaban J connectivity index is 1.91. The van der Waals surface area contributed by atoms with Gasteiger partial charge in [0.1, 0.15) is 12.4 Å². The van der Waals surface area contributed by atoms with E-state index in [-0.39, 0.29) is 6.61 Å². The second-order valence-corrected chi connectivity index (χ2v) is 4.95. The molecule has 1 aromatic heterocycles. The van der Waals surface area contributed by atoms with E-state index in [9.17, 15) is 5.11 Å². The zero-order valence-electron chi connectivity index (χ0n) is 12.6. The van der Waals surface area contributed by atoms with Gasteiger partial charge in [0.05, 0.1) is 6.61 Å². The van der Waals surface area contributed by atoms with Crippen molar-refractivity contribution in [2.75, 3.05) is 6.61 Å². The van der Waals surface area contributed by atoms with E-state index in [0.717, 1.165) is 22.4 Å². The topological polar surface area (TPSA) is 71.0 Å². The summed E-state index contributed by atoms with van der Waals surface area (Å²) in [6, 6.07) is 15.1. The largest absolute Gasteiger partial charge is 0.490 e. The van der Waals surface area contributed by atoms with Crippen molar-refractivity contribution in [2.45, 2.75) is 6.61 Å². The standard InChI is InChI=1S/C18H17N3O2/c1-2-10-23-15-8-5-7-13(11-15)17-19-18(21-20-17)16-9-4-3-6-14(16)12-22/h2-9,11,22H,1,10,12H2,(H,19,20,21). The summed E-state index contributed by atoms with van der Waals surface area (Å²) in [7, 11) is 0. The smallest absolute Gasteiger partial charge is 0.181 e. The maximum absolute atomic E-state index is 9.44. The Morgan fingerprint density at radius 2 is 2.04 bits per heavy atom. The molecule has 23 heavy (non-hydrogen) atoms. The van der Waals surface area contributed by atoms with E-state index >= 15 is 0 Å². The molecule has 2 aromatic carbocycles. The molecular weight excluding hydrogens is 290 g/mol. The number of aromatic nitrogens is 3. The number of hydrogen-bond acceptors (Lipinski definition) is 4. The predicted octanol–water partition coefficient (Wildman–Crippen LogP) is 3.20. The molecule has 0 unspecified atom stereocenters. The number of ether oxygens (including phenoxy) is 1. The van der Waals surface area contributed by atoms with E-state index in [4.69, 9.17) is 4.74 Å². The van der Waals surface area contributed by atoms with Gasteiger partial charge in [-0.3, -0.25) is 5.10 Å². The normalized spacial score (nSPS) is 10.5. The molecule has 0 atom stereocenters. The van der Waals surface area contributed by atoms with E-state index in [0.29, 0.717) is 18.3 Å². The molecule has 0 aliphatic carbocycles. The maximum Gasteiger partial charge on any atom is 0.181 e. The molecule has 0 spiro atoms. The van der Waals surface area contributed by atoms with Gasteiger partial charge in [-0.2, -0.15) is 5.10 Å². The lowest BCUT2D eigenvalue weighted by Gasteiger charge is -2.04. The summed E-state index contributed by atoms with van der Waals surface area (Å²) in [4.78, 5) is 4.53. The molecule has 3 rings (SSSR count). The van der Waals surface area contributed by atoms with Crippen LogP contribution in [0.4, 0.5) is 0 Å². The zero-order chi connectivity index (χ0) is 16.1. The predicted molar refractivity (Wildman–Crippen MR) is 88.9 cm³/mol. The Bertz CT molecular complexity index is 811. The lowest BCUT2D eigenvalue weighted by atomic mass is 10.1. The third-order valence-electron chi connectivity index (χ3n) is 3.39. The third-order valence-corrected chi connectivity index (χ3v) is 3.39. The van der Waals surface area contributed by atoms with Crippen molar-refractivity contribution in [1.29, 1.82) is 0 Å². The Labute approximate surface area is 134 Å². The van der Waals surface area contributed by atoms with Gasteiger partial charge in [-0.25, -0.2) is 4.98 Å². The SMILES string of the molecule is C=CCOc1cccc(-c2n[nH]c(-c3ccccc3CO)n2)c1. The van der Waals surface area contributed by atoms with Gasteiger partial charge in [0.25, 0.3) is 0 Å². The van der Waals surface area contributed by atoms with Crippen molar-refractivity contribution < 1.29 is 9.84 Å². The summed E-state index contributed by atoms with van der Waals surface area (Å²) in [5.74, 6) is 1.95. The van der Waals surface area contributed by atoms with E-state index in [1.165, 1.54) is 0 Å². The molecule has 0 saturated carbocycles. The molecule has 0 fully saturated rings. The van der Waals surface area contributed by atoms with Crippen LogP contribution in [-0.2, 0) is 6.61 Å². The minimum absolute atomic E-state index is 0.0446. The molecule has 0 radical (unpaired) electrons. The van der Waals surface area contributed by atoms with Crippen LogP contribution >= 0.6 is 0 Å². The quantitative estimate of drug-likeness (QED) is 0.686. The summed E-state index contributed by atoms with van der Waals surface area (Å²) >= 11 is 0. The molecule has 3 aromatic rings. The van der Waals surface area contributed by atoms with Crippen LogP contribution in [0.3, 0.4) is 0 Å². The van der Waals surface area contributed by atoms with Gasteiger partial charge in [-0.1, -0.05) is 49.1 Å². The first-order valence-corrected chi connectivity index (χ1v) is 7.27. The van der Waals surface area contributed by atoms with Crippen LogP contribution in [0.5, 0.6) is 5.75 Å². The molecule has 0 amide bonds. The summed E-state index contributed by atoms with van der Waals surface area (Å²) in [6.45, 7) is 4.04. The van der Waals surface area contributed by atoms with Crippen LogP contribution in [0.1, 0.15) is 5.56 Å². The highest BCUT2D eigenvalue weighted by Crippen LogP contribution is 2.25. The summed E-state index contributed by atoms with van der Waals surface area (Å²) < 4.78 is 5.53. The Kier molecular flexibility index (Phi) is 4.49. The molecular formula is C18H17N3O2. The van der Waals surface area contributed by atoms with Crippen LogP contribution in [0, 0.1) is 0 Å². The van der Waals surface area contributed by atoms with Gasteiger partial charge in [0, 0.05) is 11.1 Å². The van der Waals surface area contributed by atoms with Crippen molar-refractivity contribution in [3.63, 3.8) is 0 Å². The average molecular weight is 307 g/mol. The van der Waals surface area contributed by atoms with E-state index in [2.05, 4.69) is 21.8 Å². The fourth-order valence-corrected chi connectivity index (χ4v) is 2.28. The van der Waals surface area contributed by atoms with Crippen molar-refractivity contribution in [2.24, 2.45) is 0 Å². The summed E-state index contributed by atoms with van der Waals surface area (Å²) in [5, 5.41) is 16.6. The molecule has 0 aliphatic rings.